The number of carbonyl (C=O) groups is 3. The van der Waals surface area contributed by atoms with Crippen LogP contribution < -0.4 is 10.6 Å². The van der Waals surface area contributed by atoms with E-state index in [2.05, 4.69) is 32.7 Å². The summed E-state index contributed by atoms with van der Waals surface area (Å²) in [5, 5.41) is 14.1. The lowest BCUT2D eigenvalue weighted by molar-refractivity contribution is -0.123. The van der Waals surface area contributed by atoms with Gasteiger partial charge in [-0.25, -0.2) is 19.6 Å². The lowest BCUT2D eigenvalue weighted by atomic mass is 9.98. The Morgan fingerprint density at radius 3 is 2.15 bits per heavy atom. The summed E-state index contributed by atoms with van der Waals surface area (Å²) < 4.78 is 5.51. The molecule has 2 amide bonds. The number of alkyl carbamates (subject to hydrolysis) is 1. The highest BCUT2D eigenvalue weighted by molar-refractivity contribution is 5.87. The zero-order chi connectivity index (χ0) is 24.1. The van der Waals surface area contributed by atoms with Gasteiger partial charge in [-0.05, 0) is 28.7 Å². The molecule has 0 unspecified atom stereocenters. The molecule has 1 aromatic heterocycles. The van der Waals surface area contributed by atoms with Gasteiger partial charge in [-0.15, -0.1) is 0 Å². The molecule has 1 aliphatic rings. The minimum atomic E-state index is -1.13. The molecular formula is C25H24N4O5. The van der Waals surface area contributed by atoms with Crippen LogP contribution in [-0.4, -0.2) is 45.7 Å². The van der Waals surface area contributed by atoms with Crippen LogP contribution in [0, 0.1) is 0 Å². The van der Waals surface area contributed by atoms with Gasteiger partial charge >= 0.3 is 12.1 Å². The normalized spacial score (nSPS) is 12.9. The van der Waals surface area contributed by atoms with E-state index >= 15 is 0 Å². The number of carboxylic acids is 1. The molecule has 34 heavy (non-hydrogen) atoms. The molecule has 174 valence electrons. The number of nitrogens with one attached hydrogen (secondary N) is 2. The first-order valence-corrected chi connectivity index (χ1v) is 10.9. The second-order valence-electron chi connectivity index (χ2n) is 7.84. The van der Waals surface area contributed by atoms with Crippen LogP contribution in [0.25, 0.3) is 11.1 Å². The lowest BCUT2D eigenvalue weighted by Gasteiger charge is -2.18. The molecule has 0 fully saturated rings. The van der Waals surface area contributed by atoms with Crippen molar-refractivity contribution in [3.05, 3.63) is 83.4 Å². The van der Waals surface area contributed by atoms with Crippen molar-refractivity contribution in [2.45, 2.75) is 31.8 Å². The third-order valence-electron chi connectivity index (χ3n) is 5.73. The molecule has 4 rings (SSSR count). The first-order chi connectivity index (χ1) is 16.5. The minimum absolute atomic E-state index is 0.00159. The zero-order valence-electron chi connectivity index (χ0n) is 18.5. The summed E-state index contributed by atoms with van der Waals surface area (Å²) in [6.45, 7) is 1.93. The van der Waals surface area contributed by atoms with Gasteiger partial charge in [-0.3, -0.25) is 4.79 Å². The number of carbonyl (C=O) groups excluding carboxylic acids is 2. The van der Waals surface area contributed by atoms with E-state index in [4.69, 9.17) is 9.84 Å². The van der Waals surface area contributed by atoms with Crippen LogP contribution in [0.15, 0.2) is 60.9 Å². The smallest absolute Gasteiger partial charge is 0.407 e. The predicted molar refractivity (Wildman–Crippen MR) is 123 cm³/mol. The number of fused-ring (bicyclic) bond motifs is 3. The minimum Gasteiger partial charge on any atom is -0.478 e. The van der Waals surface area contributed by atoms with Gasteiger partial charge in [0.2, 0.25) is 5.91 Å². The molecule has 3 N–H and O–H groups in total. The SMILES string of the molecule is CC[C@H](NC(=O)OCC1c2ccccc2-c2ccccc21)C(=O)NCc1ncc(C(=O)O)cn1. The van der Waals surface area contributed by atoms with Crippen molar-refractivity contribution in [3.63, 3.8) is 0 Å². The third-order valence-corrected chi connectivity index (χ3v) is 5.73. The summed E-state index contributed by atoms with van der Waals surface area (Å²) in [4.78, 5) is 43.7. The number of hydrogen-bond acceptors (Lipinski definition) is 6. The van der Waals surface area contributed by atoms with E-state index < -0.39 is 24.0 Å². The lowest BCUT2D eigenvalue weighted by Crippen LogP contribution is -2.46. The van der Waals surface area contributed by atoms with Crippen molar-refractivity contribution in [2.24, 2.45) is 0 Å². The number of carboxylic acid groups (broad SMARTS) is 1. The molecule has 9 heteroatoms. The number of aromatic carboxylic acids is 1. The van der Waals surface area contributed by atoms with Crippen LogP contribution in [-0.2, 0) is 16.1 Å². The molecule has 1 heterocycles. The Morgan fingerprint density at radius 1 is 1.00 bits per heavy atom. The van der Waals surface area contributed by atoms with Crippen molar-refractivity contribution in [1.82, 2.24) is 20.6 Å². The number of aromatic nitrogens is 2. The van der Waals surface area contributed by atoms with Crippen LogP contribution in [0.4, 0.5) is 4.79 Å². The Kier molecular flexibility index (Phi) is 6.82. The Morgan fingerprint density at radius 2 is 1.59 bits per heavy atom. The zero-order valence-corrected chi connectivity index (χ0v) is 18.5. The van der Waals surface area contributed by atoms with Crippen LogP contribution in [0.2, 0.25) is 0 Å². The maximum absolute atomic E-state index is 12.5. The largest absolute Gasteiger partial charge is 0.478 e. The van der Waals surface area contributed by atoms with Gasteiger partial charge in [-0.2, -0.15) is 0 Å². The van der Waals surface area contributed by atoms with E-state index in [0.717, 1.165) is 22.3 Å². The molecule has 0 saturated heterocycles. The Balaban J connectivity index is 1.32. The maximum atomic E-state index is 12.5. The number of ether oxygens (including phenoxy) is 1. The highest BCUT2D eigenvalue weighted by Crippen LogP contribution is 2.44. The van der Waals surface area contributed by atoms with Crippen LogP contribution >= 0.6 is 0 Å². The fourth-order valence-electron chi connectivity index (χ4n) is 3.98. The van der Waals surface area contributed by atoms with E-state index in [1.807, 2.05) is 36.4 Å². The number of nitrogens with zero attached hydrogens (tertiary/aromatic N) is 2. The molecule has 0 aliphatic heterocycles. The fourth-order valence-corrected chi connectivity index (χ4v) is 3.98. The second kappa shape index (κ2) is 10.1. The quantitative estimate of drug-likeness (QED) is 0.471. The van der Waals surface area contributed by atoms with Crippen LogP contribution in [0.1, 0.15) is 46.6 Å². The van der Waals surface area contributed by atoms with Crippen molar-refractivity contribution >= 4 is 18.0 Å². The molecule has 0 saturated carbocycles. The molecule has 0 radical (unpaired) electrons. The molecule has 0 spiro atoms. The monoisotopic (exact) mass is 460 g/mol. The number of hydrogen-bond donors (Lipinski definition) is 3. The highest BCUT2D eigenvalue weighted by atomic mass is 16.5. The number of amides is 2. The molecule has 3 aromatic rings. The van der Waals surface area contributed by atoms with Gasteiger partial charge in [0.15, 0.2) is 0 Å². The Hall–Kier alpha value is -4.27. The third kappa shape index (κ3) is 4.88. The molecule has 9 nitrogen and oxygen atoms in total. The van der Waals surface area contributed by atoms with E-state index in [1.165, 1.54) is 12.4 Å². The predicted octanol–water partition coefficient (Wildman–Crippen LogP) is 3.11. The molecule has 1 atom stereocenters. The highest BCUT2D eigenvalue weighted by Gasteiger charge is 2.29. The molecular weight excluding hydrogens is 436 g/mol. The van der Waals surface area contributed by atoms with Gasteiger partial charge in [-0.1, -0.05) is 55.5 Å². The van der Waals surface area contributed by atoms with Gasteiger partial charge < -0.3 is 20.5 Å². The number of rotatable bonds is 8. The van der Waals surface area contributed by atoms with Gasteiger partial charge in [0.05, 0.1) is 12.1 Å². The average molecular weight is 460 g/mol. The Labute approximate surface area is 196 Å². The van der Waals surface area contributed by atoms with E-state index in [1.54, 1.807) is 6.92 Å². The van der Waals surface area contributed by atoms with Crippen molar-refractivity contribution < 1.29 is 24.2 Å². The number of benzene rings is 2. The standard InChI is InChI=1S/C25H24N4O5/c1-2-21(23(30)28-13-22-26-11-15(12-27-22)24(31)32)29-25(33)34-14-20-18-9-5-3-7-16(18)17-8-4-6-10-19(17)20/h3-12,20-21H,2,13-14H2,1H3,(H,28,30)(H,29,33)(H,31,32)/t21-/m0/s1. The molecule has 0 bridgehead atoms. The van der Waals surface area contributed by atoms with E-state index in [0.29, 0.717) is 6.42 Å². The second-order valence-corrected chi connectivity index (χ2v) is 7.84. The average Bonchev–Trinajstić information content (AvgIpc) is 3.18. The van der Waals surface area contributed by atoms with E-state index in [-0.39, 0.29) is 30.5 Å². The topological polar surface area (TPSA) is 131 Å². The molecule has 1 aliphatic carbocycles. The summed E-state index contributed by atoms with van der Waals surface area (Å²) in [5.74, 6) is -1.36. The first-order valence-electron chi connectivity index (χ1n) is 10.9. The van der Waals surface area contributed by atoms with Gasteiger partial charge in [0, 0.05) is 18.3 Å². The fraction of sp³-hybridized carbons (Fsp3) is 0.240. The summed E-state index contributed by atoms with van der Waals surface area (Å²) in [6, 6.07) is 15.3. The van der Waals surface area contributed by atoms with E-state index in [9.17, 15) is 14.4 Å². The summed E-state index contributed by atoms with van der Waals surface area (Å²) in [6.07, 6.45) is 2.02. The van der Waals surface area contributed by atoms with Crippen molar-refractivity contribution in [2.75, 3.05) is 6.61 Å². The van der Waals surface area contributed by atoms with Gasteiger partial charge in [0.25, 0.3) is 0 Å². The maximum Gasteiger partial charge on any atom is 0.407 e. The summed E-state index contributed by atoms with van der Waals surface area (Å²) >= 11 is 0. The van der Waals surface area contributed by atoms with Gasteiger partial charge in [0.1, 0.15) is 18.5 Å². The summed E-state index contributed by atoms with van der Waals surface area (Å²) in [5.41, 5.74) is 4.44. The van der Waals surface area contributed by atoms with Crippen LogP contribution in [0.3, 0.4) is 0 Å². The van der Waals surface area contributed by atoms with Crippen LogP contribution in [0.5, 0.6) is 0 Å². The van der Waals surface area contributed by atoms with Crippen molar-refractivity contribution in [1.29, 1.82) is 0 Å². The first kappa shape index (κ1) is 22.9. The van der Waals surface area contributed by atoms with Crippen molar-refractivity contribution in [3.8, 4) is 11.1 Å². The Bertz CT molecular complexity index is 1170. The molecule has 2 aromatic carbocycles. The summed E-state index contributed by atoms with van der Waals surface area (Å²) in [7, 11) is 0.